The monoisotopic (exact) mass is 430 g/mol. The molecule has 5 heteroatoms. The lowest BCUT2D eigenvalue weighted by Gasteiger charge is -2.24. The van der Waals surface area contributed by atoms with E-state index in [1.165, 1.54) is 24.0 Å². The number of hydrogen-bond donors (Lipinski definition) is 1. The van der Waals surface area contributed by atoms with Crippen LogP contribution in [0, 0.1) is 6.92 Å². The van der Waals surface area contributed by atoms with Crippen LogP contribution in [-0.2, 0) is 6.54 Å². The molecule has 0 aromatic heterocycles. The number of aliphatic imine (C=N–C) groups is 1. The Morgan fingerprint density at radius 1 is 1.26 bits per heavy atom. The summed E-state index contributed by atoms with van der Waals surface area (Å²) in [4.78, 5) is 9.13. The van der Waals surface area contributed by atoms with Crippen LogP contribution in [0.15, 0.2) is 29.3 Å². The summed E-state index contributed by atoms with van der Waals surface area (Å²) >= 11 is 0. The molecular formula is C18H31IN4. The van der Waals surface area contributed by atoms with Gasteiger partial charge in [-0.1, -0.05) is 36.8 Å². The van der Waals surface area contributed by atoms with E-state index in [2.05, 4.69) is 65.3 Å². The second-order valence-corrected chi connectivity index (χ2v) is 6.18. The number of benzene rings is 1. The Balaban J connectivity index is 0.00000264. The first kappa shape index (κ1) is 20.2. The average Bonchev–Trinajstić information content (AvgIpc) is 3.34. The number of nitrogens with zero attached hydrogens (tertiary/aromatic N) is 3. The highest BCUT2D eigenvalue weighted by Crippen LogP contribution is 2.25. The lowest BCUT2D eigenvalue weighted by molar-refractivity contribution is 0.280. The van der Waals surface area contributed by atoms with Gasteiger partial charge in [0.2, 0.25) is 0 Å². The maximum atomic E-state index is 4.40. The molecule has 0 radical (unpaired) electrons. The summed E-state index contributed by atoms with van der Waals surface area (Å²) in [5, 5.41) is 3.48. The Morgan fingerprint density at radius 2 is 1.91 bits per heavy atom. The van der Waals surface area contributed by atoms with Crippen LogP contribution in [0.1, 0.15) is 30.9 Å². The van der Waals surface area contributed by atoms with Crippen molar-refractivity contribution in [1.29, 1.82) is 0 Å². The first-order valence-corrected chi connectivity index (χ1v) is 8.35. The molecule has 0 heterocycles. The predicted octanol–water partition coefficient (Wildman–Crippen LogP) is 3.10. The highest BCUT2D eigenvalue weighted by atomic mass is 127. The molecule has 1 fully saturated rings. The molecule has 0 aliphatic heterocycles. The average molecular weight is 430 g/mol. The molecular weight excluding hydrogens is 399 g/mol. The van der Waals surface area contributed by atoms with E-state index >= 15 is 0 Å². The molecule has 0 unspecified atom stereocenters. The van der Waals surface area contributed by atoms with Crippen LogP contribution in [0.25, 0.3) is 0 Å². The molecule has 23 heavy (non-hydrogen) atoms. The standard InChI is InChI=1S/C18H30N4.HI/c1-5-22(17-10-11-17)13-12-20-18(19-3)21(4)14-16-8-6-15(2)7-9-16;/h6-9,17H,5,10-14H2,1-4H3,(H,19,20);1H. The zero-order chi connectivity index (χ0) is 15.9. The van der Waals surface area contributed by atoms with E-state index in [1.807, 2.05) is 7.05 Å². The molecule has 0 atom stereocenters. The van der Waals surface area contributed by atoms with Crippen molar-refractivity contribution in [2.24, 2.45) is 4.99 Å². The van der Waals surface area contributed by atoms with E-state index in [4.69, 9.17) is 0 Å². The minimum Gasteiger partial charge on any atom is -0.355 e. The molecule has 0 bridgehead atoms. The number of aryl methyl sites for hydroxylation is 1. The zero-order valence-electron chi connectivity index (χ0n) is 14.9. The van der Waals surface area contributed by atoms with Crippen LogP contribution in [-0.4, -0.2) is 55.5 Å². The van der Waals surface area contributed by atoms with Crippen LogP contribution in [0.2, 0.25) is 0 Å². The lowest BCUT2D eigenvalue weighted by Crippen LogP contribution is -2.42. The summed E-state index contributed by atoms with van der Waals surface area (Å²) in [6, 6.07) is 9.53. The van der Waals surface area contributed by atoms with Crippen LogP contribution in [0.5, 0.6) is 0 Å². The normalized spacial score (nSPS) is 14.6. The molecule has 1 N–H and O–H groups in total. The number of halogens is 1. The summed E-state index contributed by atoms with van der Waals surface area (Å²) in [6.07, 6.45) is 2.74. The quantitative estimate of drug-likeness (QED) is 0.410. The van der Waals surface area contributed by atoms with E-state index < -0.39 is 0 Å². The lowest BCUT2D eigenvalue weighted by atomic mass is 10.1. The molecule has 1 aliphatic rings. The van der Waals surface area contributed by atoms with Gasteiger partial charge in [0.1, 0.15) is 0 Å². The van der Waals surface area contributed by atoms with Crippen molar-refractivity contribution in [3.63, 3.8) is 0 Å². The van der Waals surface area contributed by atoms with Crippen molar-refractivity contribution in [1.82, 2.24) is 15.1 Å². The largest absolute Gasteiger partial charge is 0.355 e. The van der Waals surface area contributed by atoms with E-state index in [0.29, 0.717) is 0 Å². The van der Waals surface area contributed by atoms with Crippen molar-refractivity contribution < 1.29 is 0 Å². The van der Waals surface area contributed by atoms with E-state index in [9.17, 15) is 0 Å². The molecule has 130 valence electrons. The van der Waals surface area contributed by atoms with Crippen molar-refractivity contribution >= 4 is 29.9 Å². The Bertz CT molecular complexity index is 482. The van der Waals surface area contributed by atoms with Gasteiger partial charge < -0.3 is 10.2 Å². The maximum absolute atomic E-state index is 4.40. The highest BCUT2D eigenvalue weighted by molar-refractivity contribution is 14.0. The number of likely N-dealkylation sites (N-methyl/N-ethyl adjacent to an activating group) is 1. The predicted molar refractivity (Wildman–Crippen MR) is 110 cm³/mol. The Morgan fingerprint density at radius 3 is 2.43 bits per heavy atom. The van der Waals surface area contributed by atoms with Gasteiger partial charge in [-0.05, 0) is 31.9 Å². The third kappa shape index (κ3) is 6.67. The molecule has 1 saturated carbocycles. The maximum Gasteiger partial charge on any atom is 0.193 e. The van der Waals surface area contributed by atoms with E-state index in [-0.39, 0.29) is 24.0 Å². The third-order valence-corrected chi connectivity index (χ3v) is 4.27. The molecule has 0 spiro atoms. The van der Waals surface area contributed by atoms with Crippen molar-refractivity contribution in [2.45, 2.75) is 39.3 Å². The molecule has 2 rings (SSSR count). The van der Waals surface area contributed by atoms with Gasteiger partial charge in [-0.3, -0.25) is 9.89 Å². The topological polar surface area (TPSA) is 30.9 Å². The first-order valence-electron chi connectivity index (χ1n) is 8.35. The SMILES string of the molecule is CCN(CCNC(=NC)N(C)Cc1ccc(C)cc1)C1CC1.I. The van der Waals surface area contributed by atoms with Crippen molar-refractivity contribution in [3.8, 4) is 0 Å². The fourth-order valence-electron chi connectivity index (χ4n) is 2.78. The van der Waals surface area contributed by atoms with Crippen LogP contribution < -0.4 is 5.32 Å². The second kappa shape index (κ2) is 10.1. The van der Waals surface area contributed by atoms with Gasteiger partial charge >= 0.3 is 0 Å². The van der Waals surface area contributed by atoms with Gasteiger partial charge in [-0.15, -0.1) is 24.0 Å². The molecule has 1 aliphatic carbocycles. The van der Waals surface area contributed by atoms with Crippen LogP contribution >= 0.6 is 24.0 Å². The smallest absolute Gasteiger partial charge is 0.193 e. The Kier molecular flexibility index (Phi) is 8.91. The third-order valence-electron chi connectivity index (χ3n) is 4.27. The van der Waals surface area contributed by atoms with Gasteiger partial charge in [0, 0.05) is 39.8 Å². The molecule has 1 aromatic carbocycles. The minimum atomic E-state index is 0. The Labute approximate surface area is 158 Å². The van der Waals surface area contributed by atoms with Gasteiger partial charge in [-0.2, -0.15) is 0 Å². The van der Waals surface area contributed by atoms with Gasteiger partial charge in [0.25, 0.3) is 0 Å². The summed E-state index contributed by atoms with van der Waals surface area (Å²) in [7, 11) is 3.94. The number of guanidine groups is 1. The zero-order valence-corrected chi connectivity index (χ0v) is 17.2. The van der Waals surface area contributed by atoms with Gasteiger partial charge in [0.05, 0.1) is 0 Å². The number of rotatable bonds is 7. The first-order chi connectivity index (χ1) is 10.6. The minimum absolute atomic E-state index is 0. The summed E-state index contributed by atoms with van der Waals surface area (Å²) in [6.45, 7) is 8.43. The summed E-state index contributed by atoms with van der Waals surface area (Å²) in [5.41, 5.74) is 2.61. The molecule has 0 saturated heterocycles. The second-order valence-electron chi connectivity index (χ2n) is 6.18. The number of hydrogen-bond acceptors (Lipinski definition) is 2. The Hall–Kier alpha value is -0.820. The van der Waals surface area contributed by atoms with Crippen LogP contribution in [0.3, 0.4) is 0 Å². The fraction of sp³-hybridized carbons (Fsp3) is 0.611. The van der Waals surface area contributed by atoms with Gasteiger partial charge in [0.15, 0.2) is 5.96 Å². The summed E-state index contributed by atoms with van der Waals surface area (Å²) < 4.78 is 0. The van der Waals surface area contributed by atoms with Crippen molar-refractivity contribution in [2.75, 3.05) is 33.7 Å². The van der Waals surface area contributed by atoms with E-state index in [1.54, 1.807) is 0 Å². The summed E-state index contributed by atoms with van der Waals surface area (Å²) in [5.74, 6) is 0.965. The van der Waals surface area contributed by atoms with Crippen LogP contribution in [0.4, 0.5) is 0 Å². The fourth-order valence-corrected chi connectivity index (χ4v) is 2.78. The molecule has 0 amide bonds. The molecule has 4 nitrogen and oxygen atoms in total. The molecule has 1 aromatic rings. The van der Waals surface area contributed by atoms with E-state index in [0.717, 1.165) is 38.2 Å². The van der Waals surface area contributed by atoms with Crippen molar-refractivity contribution in [3.05, 3.63) is 35.4 Å². The highest BCUT2D eigenvalue weighted by Gasteiger charge is 2.27. The van der Waals surface area contributed by atoms with Gasteiger partial charge in [-0.25, -0.2) is 0 Å². The number of nitrogens with one attached hydrogen (secondary N) is 1.